The van der Waals surface area contributed by atoms with Crippen molar-refractivity contribution in [3.8, 4) is 0 Å². The van der Waals surface area contributed by atoms with Crippen LogP contribution in [0.25, 0.3) is 21.8 Å². The molecule has 0 spiro atoms. The number of benzene rings is 2. The first-order chi connectivity index (χ1) is 20.6. The van der Waals surface area contributed by atoms with Crippen LogP contribution in [0.1, 0.15) is 117 Å². The van der Waals surface area contributed by atoms with E-state index in [9.17, 15) is 14.7 Å². The third-order valence-corrected chi connectivity index (χ3v) is 7.46. The molecule has 0 aliphatic carbocycles. The number of unbranched alkanes of at least 4 members (excludes halogenated alkanes) is 10. The predicted octanol–water partition coefficient (Wildman–Crippen LogP) is 9.59. The zero-order chi connectivity index (χ0) is 30.0. The summed E-state index contributed by atoms with van der Waals surface area (Å²) in [5.74, 6) is -1.57. The van der Waals surface area contributed by atoms with Gasteiger partial charge in [-0.1, -0.05) is 114 Å². The van der Waals surface area contributed by atoms with Crippen LogP contribution in [0.2, 0.25) is 0 Å². The second-order valence-corrected chi connectivity index (χ2v) is 10.8. The molecule has 4 rings (SSSR count). The minimum absolute atomic E-state index is 0.0522. The Hall–Kier alpha value is -3.80. The Morgan fingerprint density at radius 3 is 1.79 bits per heavy atom. The van der Waals surface area contributed by atoms with Crippen LogP contribution in [0, 0.1) is 0 Å². The van der Waals surface area contributed by atoms with Crippen molar-refractivity contribution < 1.29 is 19.4 Å². The van der Waals surface area contributed by atoms with Crippen molar-refractivity contribution in [1.29, 1.82) is 0 Å². The third kappa shape index (κ3) is 10.2. The highest BCUT2D eigenvalue weighted by atomic mass is 16.5. The molecule has 0 aliphatic rings. The molecule has 0 fully saturated rings. The van der Waals surface area contributed by atoms with Crippen LogP contribution >= 0.6 is 0 Å². The Morgan fingerprint density at radius 2 is 1.21 bits per heavy atom. The minimum Gasteiger partial charge on any atom is -0.478 e. The number of nitrogens with zero attached hydrogens (tertiary/aromatic N) is 2. The molecule has 0 atom stereocenters. The summed E-state index contributed by atoms with van der Waals surface area (Å²) in [4.78, 5) is 32.9. The fourth-order valence-electron chi connectivity index (χ4n) is 5.12. The van der Waals surface area contributed by atoms with Gasteiger partial charge in [0.15, 0.2) is 0 Å². The highest BCUT2D eigenvalue weighted by molar-refractivity contribution is 6.04. The van der Waals surface area contributed by atoms with Crippen molar-refractivity contribution in [3.05, 3.63) is 83.7 Å². The van der Waals surface area contributed by atoms with Gasteiger partial charge in [-0.15, -0.1) is 0 Å². The minimum atomic E-state index is -1.07. The number of fused-ring (bicyclic) bond motifs is 3. The molecule has 1 N–H and O–H groups in total. The molecule has 0 radical (unpaired) electrons. The molecule has 2 heterocycles. The monoisotopic (exact) mass is 570 g/mol. The van der Waals surface area contributed by atoms with Crippen LogP contribution in [0.3, 0.4) is 0 Å². The van der Waals surface area contributed by atoms with Gasteiger partial charge in [0.1, 0.15) is 0 Å². The van der Waals surface area contributed by atoms with E-state index in [4.69, 9.17) is 4.74 Å². The van der Waals surface area contributed by atoms with E-state index in [-0.39, 0.29) is 11.1 Å². The molecule has 0 saturated carbocycles. The Bertz CT molecular complexity index is 1350. The zero-order valence-electron chi connectivity index (χ0n) is 25.3. The molecule has 6 nitrogen and oxygen atoms in total. The summed E-state index contributed by atoms with van der Waals surface area (Å²) in [5.41, 5.74) is 3.05. The number of aromatic nitrogens is 2. The average molecular weight is 571 g/mol. The van der Waals surface area contributed by atoms with E-state index in [0.29, 0.717) is 13.0 Å². The molecule has 42 heavy (non-hydrogen) atoms. The number of hydrogen-bond donors (Lipinski definition) is 1. The molecule has 6 heteroatoms. The molecule has 0 unspecified atom stereocenters. The fourth-order valence-corrected chi connectivity index (χ4v) is 5.12. The van der Waals surface area contributed by atoms with E-state index >= 15 is 0 Å². The maximum absolute atomic E-state index is 12.6. The van der Waals surface area contributed by atoms with Crippen LogP contribution in [-0.2, 0) is 11.2 Å². The number of hydrogen-bond acceptors (Lipinski definition) is 5. The summed E-state index contributed by atoms with van der Waals surface area (Å²) in [6, 6.07) is 17.2. The third-order valence-electron chi connectivity index (χ3n) is 7.46. The topological polar surface area (TPSA) is 89.4 Å². The van der Waals surface area contributed by atoms with Gasteiger partial charge in [-0.3, -0.25) is 9.97 Å². The summed E-state index contributed by atoms with van der Waals surface area (Å²) >= 11 is 0. The number of carbonyl (C=O) groups excluding carboxylic acids is 1. The normalized spacial score (nSPS) is 10.8. The first-order valence-corrected chi connectivity index (χ1v) is 15.7. The summed E-state index contributed by atoms with van der Waals surface area (Å²) in [6.07, 6.45) is 18.0. The number of carbonyl (C=O) groups is 2. The Labute approximate surface area is 250 Å². The molecule has 4 aromatic rings. The molecular weight excluding hydrogens is 524 g/mol. The SMILES string of the molecule is CCCCCCCCOC(=O)c1c(CCCCCCCC)cccc1C(=O)O.c1cnc2c(c1)ccc1cccnc12. The lowest BCUT2D eigenvalue weighted by Gasteiger charge is -2.12. The van der Waals surface area contributed by atoms with E-state index in [0.717, 1.165) is 59.5 Å². The maximum Gasteiger partial charge on any atom is 0.339 e. The smallest absolute Gasteiger partial charge is 0.339 e. The van der Waals surface area contributed by atoms with Crippen LogP contribution in [-0.4, -0.2) is 33.6 Å². The maximum atomic E-state index is 12.6. The van der Waals surface area contributed by atoms with Crippen molar-refractivity contribution in [1.82, 2.24) is 9.97 Å². The quantitative estimate of drug-likeness (QED) is 0.0819. The highest BCUT2D eigenvalue weighted by Crippen LogP contribution is 2.21. The van der Waals surface area contributed by atoms with E-state index in [1.165, 1.54) is 51.0 Å². The number of carboxylic acid groups (broad SMARTS) is 1. The molecule has 0 bridgehead atoms. The fraction of sp³-hybridized carbons (Fsp3) is 0.444. The first kappa shape index (κ1) is 32.7. The summed E-state index contributed by atoms with van der Waals surface area (Å²) in [5, 5.41) is 11.8. The number of esters is 1. The molecular formula is C36H46N2O4. The van der Waals surface area contributed by atoms with Crippen LogP contribution in [0.5, 0.6) is 0 Å². The lowest BCUT2D eigenvalue weighted by molar-refractivity contribution is 0.0486. The van der Waals surface area contributed by atoms with Crippen LogP contribution in [0.15, 0.2) is 67.0 Å². The number of rotatable bonds is 16. The molecule has 0 aliphatic heterocycles. The van der Waals surface area contributed by atoms with Gasteiger partial charge in [-0.05, 0) is 43.0 Å². The number of pyridine rings is 2. The lowest BCUT2D eigenvalue weighted by Crippen LogP contribution is -2.15. The number of aromatic carboxylic acids is 1. The standard InChI is InChI=1S/C24H38O4.C12H8N2/c1-3-5-7-9-11-13-16-20-17-15-18-21(23(25)26)22(20)24(27)28-19-14-12-10-8-6-4-2;1-3-9-5-6-10-4-2-8-14-12(10)11(9)13-7-1/h15,17-18H,3-14,16,19H2,1-2H3,(H,25,26);1-8H. The summed E-state index contributed by atoms with van der Waals surface area (Å²) < 4.78 is 5.42. The van der Waals surface area contributed by atoms with Gasteiger partial charge in [-0.25, -0.2) is 9.59 Å². The van der Waals surface area contributed by atoms with Gasteiger partial charge in [0.25, 0.3) is 0 Å². The molecule has 2 aromatic carbocycles. The molecule has 224 valence electrons. The number of ether oxygens (including phenoxy) is 1. The molecule has 0 amide bonds. The summed E-state index contributed by atoms with van der Waals surface area (Å²) in [7, 11) is 0. The van der Waals surface area contributed by atoms with Gasteiger partial charge >= 0.3 is 11.9 Å². The second-order valence-electron chi connectivity index (χ2n) is 10.8. The largest absolute Gasteiger partial charge is 0.478 e. The van der Waals surface area contributed by atoms with E-state index in [1.54, 1.807) is 18.5 Å². The lowest BCUT2D eigenvalue weighted by atomic mass is 9.96. The van der Waals surface area contributed by atoms with Crippen molar-refractivity contribution in [2.24, 2.45) is 0 Å². The van der Waals surface area contributed by atoms with Crippen molar-refractivity contribution in [2.45, 2.75) is 97.3 Å². The van der Waals surface area contributed by atoms with Crippen molar-refractivity contribution in [2.75, 3.05) is 6.61 Å². The number of carboxylic acids is 1. The van der Waals surface area contributed by atoms with Gasteiger partial charge in [0, 0.05) is 23.2 Å². The van der Waals surface area contributed by atoms with Crippen LogP contribution < -0.4 is 0 Å². The summed E-state index contributed by atoms with van der Waals surface area (Å²) in [6.45, 7) is 4.74. The van der Waals surface area contributed by atoms with Gasteiger partial charge in [-0.2, -0.15) is 0 Å². The van der Waals surface area contributed by atoms with E-state index in [2.05, 4.69) is 48.1 Å². The highest BCUT2D eigenvalue weighted by Gasteiger charge is 2.21. The second kappa shape index (κ2) is 18.6. The average Bonchev–Trinajstić information content (AvgIpc) is 3.02. The molecule has 0 saturated heterocycles. The Balaban J connectivity index is 0.000000283. The predicted molar refractivity (Wildman–Crippen MR) is 171 cm³/mol. The van der Waals surface area contributed by atoms with Crippen LogP contribution in [0.4, 0.5) is 0 Å². The van der Waals surface area contributed by atoms with Gasteiger partial charge in [0.2, 0.25) is 0 Å². The van der Waals surface area contributed by atoms with E-state index < -0.39 is 11.9 Å². The van der Waals surface area contributed by atoms with Gasteiger partial charge in [0.05, 0.1) is 28.8 Å². The number of aryl methyl sites for hydroxylation is 1. The van der Waals surface area contributed by atoms with Gasteiger partial charge < -0.3 is 9.84 Å². The van der Waals surface area contributed by atoms with E-state index in [1.807, 2.05) is 18.2 Å². The Morgan fingerprint density at radius 1 is 0.667 bits per heavy atom. The zero-order valence-corrected chi connectivity index (χ0v) is 25.3. The Kier molecular flexibility index (Phi) is 14.5. The molecule has 2 aromatic heterocycles. The first-order valence-electron chi connectivity index (χ1n) is 15.7. The van der Waals surface area contributed by atoms with Crippen molar-refractivity contribution >= 4 is 33.7 Å². The van der Waals surface area contributed by atoms with Crippen molar-refractivity contribution in [3.63, 3.8) is 0 Å².